The Labute approximate surface area is 141 Å². The predicted octanol–water partition coefficient (Wildman–Crippen LogP) is 0.392. The Bertz CT molecular complexity index is 740. The van der Waals surface area contributed by atoms with Crippen LogP contribution in [0.25, 0.3) is 0 Å². The van der Waals surface area contributed by atoms with Crippen LogP contribution < -0.4 is 9.67 Å². The number of carbonyl (C=O) groups excluding carboxylic acids is 1. The third kappa shape index (κ3) is 7.23. The normalized spacial score (nSPS) is 15.1. The van der Waals surface area contributed by atoms with Gasteiger partial charge in [-0.1, -0.05) is 13.3 Å². The quantitative estimate of drug-likeness (QED) is 0.439. The van der Waals surface area contributed by atoms with Gasteiger partial charge in [-0.2, -0.15) is 8.42 Å². The summed E-state index contributed by atoms with van der Waals surface area (Å²) in [4.78, 5) is 11.4. The van der Waals surface area contributed by atoms with E-state index in [0.717, 1.165) is 18.9 Å². The lowest BCUT2D eigenvalue weighted by Crippen LogP contribution is -2.28. The van der Waals surface area contributed by atoms with Crippen molar-refractivity contribution in [2.45, 2.75) is 26.7 Å². The molecule has 1 aliphatic rings. The Morgan fingerprint density at radius 2 is 2.17 bits per heavy atom. The molecule has 9 heteroatoms. The van der Waals surface area contributed by atoms with E-state index in [1.807, 2.05) is 23.9 Å². The van der Waals surface area contributed by atoms with Gasteiger partial charge in [0.25, 0.3) is 0 Å². The van der Waals surface area contributed by atoms with Gasteiger partial charge in [0.1, 0.15) is 18.4 Å². The van der Waals surface area contributed by atoms with E-state index in [0.29, 0.717) is 12.2 Å². The van der Waals surface area contributed by atoms with Crippen molar-refractivity contribution in [1.82, 2.24) is 0 Å². The first kappa shape index (κ1) is 19.6. The van der Waals surface area contributed by atoms with E-state index >= 15 is 0 Å². The van der Waals surface area contributed by atoms with Crippen molar-refractivity contribution < 1.29 is 31.8 Å². The lowest BCUT2D eigenvalue weighted by atomic mass is 10.3. The molecular weight excluding hydrogens is 336 g/mol. The highest BCUT2D eigenvalue weighted by molar-refractivity contribution is 7.85. The van der Waals surface area contributed by atoms with Crippen LogP contribution in [0.3, 0.4) is 0 Å². The number of aromatic nitrogens is 1. The molecule has 0 N–H and O–H groups in total. The van der Waals surface area contributed by atoms with Gasteiger partial charge in [0.15, 0.2) is 12.4 Å². The minimum absolute atomic E-state index is 0.0417. The van der Waals surface area contributed by atoms with E-state index in [1.54, 1.807) is 12.3 Å². The van der Waals surface area contributed by atoms with Gasteiger partial charge in [0, 0.05) is 12.0 Å². The largest absolute Gasteiger partial charge is 0.858 e. The second kappa shape index (κ2) is 9.02. The molecule has 8 nitrogen and oxygen atoms in total. The van der Waals surface area contributed by atoms with Gasteiger partial charge in [0.05, 0.1) is 6.61 Å². The molecule has 24 heavy (non-hydrogen) atoms. The third-order valence-electron chi connectivity index (χ3n) is 2.67. The van der Waals surface area contributed by atoms with Crippen LogP contribution in [-0.4, -0.2) is 26.9 Å². The minimum atomic E-state index is -3.97. The molecule has 0 radical (unpaired) electrons. The number of allylic oxidation sites excluding steroid dienone is 1. The van der Waals surface area contributed by atoms with Crippen LogP contribution in [0.2, 0.25) is 0 Å². The molecule has 1 aromatic rings. The van der Waals surface area contributed by atoms with Crippen LogP contribution in [0, 0.1) is 0 Å². The molecular formula is C15H20N2O6S. The number of carbonyl (C=O) groups is 1. The number of unbranched alkanes of at least 4 members (excludes halogenated alkanes) is 1. The standard InChI is InChI=1S/C11H16NO2.C4H5NO4S/c1-3-4-8-14-11(13)10-6-5-7-12(2)9-10;1-3-2-4(6)5-10(7,8)9-3/h5-7,9H,3-4,8H2,1-2H3;2H,1H3,(H,5,6)/q+1;/p-1. The number of hydrogen-bond donors (Lipinski definition) is 0. The molecule has 0 spiro atoms. The smallest absolute Gasteiger partial charge is 0.427 e. The number of ether oxygens (including phenoxy) is 1. The van der Waals surface area contributed by atoms with Crippen molar-refractivity contribution >= 4 is 22.2 Å². The monoisotopic (exact) mass is 356 g/mol. The first-order valence-electron chi connectivity index (χ1n) is 7.25. The zero-order valence-corrected chi connectivity index (χ0v) is 14.6. The fraction of sp³-hybridized carbons (Fsp3) is 0.400. The first-order chi connectivity index (χ1) is 11.2. The van der Waals surface area contributed by atoms with Gasteiger partial charge in [-0.3, -0.25) is 0 Å². The Hall–Kier alpha value is -2.42. The minimum Gasteiger partial charge on any atom is -0.858 e. The highest BCUT2D eigenvalue weighted by Gasteiger charge is 2.12. The van der Waals surface area contributed by atoms with Gasteiger partial charge >= 0.3 is 16.3 Å². The molecule has 0 aromatic carbocycles. The Morgan fingerprint density at radius 1 is 1.46 bits per heavy atom. The molecule has 0 atom stereocenters. The maximum absolute atomic E-state index is 11.4. The Kier molecular flexibility index (Phi) is 7.37. The molecule has 0 unspecified atom stereocenters. The van der Waals surface area contributed by atoms with Crippen LogP contribution >= 0.6 is 0 Å². The summed E-state index contributed by atoms with van der Waals surface area (Å²) in [7, 11) is -2.10. The van der Waals surface area contributed by atoms with E-state index in [9.17, 15) is 18.3 Å². The zero-order chi connectivity index (χ0) is 18.2. The molecule has 1 aliphatic heterocycles. The lowest BCUT2D eigenvalue weighted by molar-refractivity contribution is -0.671. The molecule has 1 aromatic heterocycles. The highest BCUT2D eigenvalue weighted by Crippen LogP contribution is 2.09. The number of esters is 1. The van der Waals surface area contributed by atoms with E-state index in [2.05, 4.69) is 15.5 Å². The number of nitrogens with zero attached hydrogens (tertiary/aromatic N) is 2. The Morgan fingerprint density at radius 3 is 2.71 bits per heavy atom. The summed E-state index contributed by atoms with van der Waals surface area (Å²) in [5, 5.41) is 10.4. The van der Waals surface area contributed by atoms with Crippen LogP contribution in [0.5, 0.6) is 0 Å². The maximum Gasteiger partial charge on any atom is 0.427 e. The van der Waals surface area contributed by atoms with Crippen LogP contribution in [0.1, 0.15) is 37.0 Å². The summed E-state index contributed by atoms with van der Waals surface area (Å²) in [5.41, 5.74) is 0.603. The summed E-state index contributed by atoms with van der Waals surface area (Å²) in [6, 6.07) is 3.59. The van der Waals surface area contributed by atoms with Crippen molar-refractivity contribution in [2.75, 3.05) is 6.61 Å². The summed E-state index contributed by atoms with van der Waals surface area (Å²) in [5.74, 6) is -1.00. The van der Waals surface area contributed by atoms with Gasteiger partial charge in [0.2, 0.25) is 0 Å². The zero-order valence-electron chi connectivity index (χ0n) is 13.8. The molecule has 0 saturated heterocycles. The van der Waals surface area contributed by atoms with Gasteiger partial charge in [-0.25, -0.2) is 9.36 Å². The first-order valence-corrected chi connectivity index (χ1v) is 8.62. The number of rotatable bonds is 4. The van der Waals surface area contributed by atoms with Gasteiger partial charge in [-0.15, -0.1) is 4.40 Å². The number of hydrogen-bond acceptors (Lipinski definition) is 6. The average molecular weight is 356 g/mol. The molecule has 0 amide bonds. The van der Waals surface area contributed by atoms with Crippen molar-refractivity contribution in [3.8, 4) is 0 Å². The van der Waals surface area contributed by atoms with E-state index < -0.39 is 16.2 Å². The summed E-state index contributed by atoms with van der Waals surface area (Å²) in [6.07, 6.45) is 6.60. The number of pyridine rings is 1. The van der Waals surface area contributed by atoms with Crippen molar-refractivity contribution in [2.24, 2.45) is 11.4 Å². The Balaban J connectivity index is 0.000000254. The van der Waals surface area contributed by atoms with E-state index in [-0.39, 0.29) is 11.7 Å². The fourth-order valence-corrected chi connectivity index (χ4v) is 2.31. The van der Waals surface area contributed by atoms with Crippen molar-refractivity contribution in [3.05, 3.63) is 41.9 Å². The summed E-state index contributed by atoms with van der Waals surface area (Å²) >= 11 is 0. The second-order valence-electron chi connectivity index (χ2n) is 4.94. The van der Waals surface area contributed by atoms with Crippen LogP contribution in [0.15, 0.2) is 40.8 Å². The SMILES string of the molecule is CC1=CC([O-])=NS(=O)(=O)O1.CCCCOC(=O)c1ccc[n+](C)c1. The van der Waals surface area contributed by atoms with Crippen molar-refractivity contribution in [3.63, 3.8) is 0 Å². The molecule has 0 fully saturated rings. The molecule has 132 valence electrons. The maximum atomic E-state index is 11.4. The molecule has 0 saturated carbocycles. The van der Waals surface area contributed by atoms with E-state index in [4.69, 9.17) is 4.74 Å². The lowest BCUT2D eigenvalue weighted by Gasteiger charge is -2.12. The molecule has 0 bridgehead atoms. The molecule has 0 aliphatic carbocycles. The fourth-order valence-electron chi connectivity index (χ4n) is 1.62. The second-order valence-corrected chi connectivity index (χ2v) is 6.15. The average Bonchev–Trinajstić information content (AvgIpc) is 2.45. The highest BCUT2D eigenvalue weighted by atomic mass is 32.2. The van der Waals surface area contributed by atoms with Crippen LogP contribution in [-0.2, 0) is 26.3 Å². The molecule has 2 heterocycles. The van der Waals surface area contributed by atoms with Gasteiger partial charge < -0.3 is 14.0 Å². The topological polar surface area (TPSA) is 109 Å². The van der Waals surface area contributed by atoms with E-state index in [1.165, 1.54) is 6.92 Å². The van der Waals surface area contributed by atoms with Gasteiger partial charge in [-0.05, 0) is 25.5 Å². The van der Waals surface area contributed by atoms with Crippen molar-refractivity contribution in [1.29, 1.82) is 0 Å². The summed E-state index contributed by atoms with van der Waals surface area (Å²) < 4.78 is 34.6. The summed E-state index contributed by atoms with van der Waals surface area (Å²) in [6.45, 7) is 3.94. The molecule has 2 rings (SSSR count). The number of aryl methyl sites for hydroxylation is 1. The third-order valence-corrected chi connectivity index (χ3v) is 3.55. The predicted molar refractivity (Wildman–Crippen MR) is 84.0 cm³/mol. The van der Waals surface area contributed by atoms with Crippen LogP contribution in [0.4, 0.5) is 0 Å².